The molecule has 24 heavy (non-hydrogen) atoms. The van der Waals surface area contributed by atoms with Crippen LogP contribution in [0.3, 0.4) is 0 Å². The third-order valence-electron chi connectivity index (χ3n) is 2.61. The van der Waals surface area contributed by atoms with E-state index in [1.54, 1.807) is 0 Å². The fourth-order valence-corrected chi connectivity index (χ4v) is 2.25. The molecular formula is C14H9Cl3F3N3O. The van der Waals surface area contributed by atoms with Crippen molar-refractivity contribution in [1.29, 1.82) is 0 Å². The van der Waals surface area contributed by atoms with Gasteiger partial charge in [0.05, 0.1) is 21.6 Å². The lowest BCUT2D eigenvalue weighted by Crippen LogP contribution is -2.12. The third kappa shape index (κ3) is 4.66. The van der Waals surface area contributed by atoms with Crippen molar-refractivity contribution in [2.45, 2.75) is 6.18 Å². The fourth-order valence-electron chi connectivity index (χ4n) is 1.64. The molecule has 4 nitrogen and oxygen atoms in total. The highest BCUT2D eigenvalue weighted by Crippen LogP contribution is 2.39. The van der Waals surface area contributed by atoms with Gasteiger partial charge in [0, 0.05) is 6.07 Å². The summed E-state index contributed by atoms with van der Waals surface area (Å²) >= 11 is 17.6. The maximum atomic E-state index is 12.7. The van der Waals surface area contributed by atoms with Crippen LogP contribution in [0.2, 0.25) is 10.0 Å². The third-order valence-corrected chi connectivity index (χ3v) is 3.45. The molecule has 128 valence electrons. The summed E-state index contributed by atoms with van der Waals surface area (Å²) in [7, 11) is 0. The summed E-state index contributed by atoms with van der Waals surface area (Å²) in [5, 5.41) is 0.0608. The molecule has 1 heterocycles. The van der Waals surface area contributed by atoms with E-state index in [-0.39, 0.29) is 33.4 Å². The van der Waals surface area contributed by atoms with E-state index in [9.17, 15) is 13.2 Å². The number of aromatic nitrogens is 1. The minimum Gasteiger partial charge on any atom is -0.436 e. The molecule has 0 saturated heterocycles. The van der Waals surface area contributed by atoms with Gasteiger partial charge < -0.3 is 10.5 Å². The Hall–Kier alpha value is -1.70. The van der Waals surface area contributed by atoms with Crippen molar-refractivity contribution >= 4 is 46.3 Å². The highest BCUT2D eigenvalue weighted by atomic mass is 35.5. The summed E-state index contributed by atoms with van der Waals surface area (Å²) in [4.78, 5) is 7.34. The molecule has 0 spiro atoms. The van der Waals surface area contributed by atoms with Gasteiger partial charge in [-0.25, -0.2) is 9.98 Å². The maximum absolute atomic E-state index is 12.7. The monoisotopic (exact) mass is 397 g/mol. The highest BCUT2D eigenvalue weighted by molar-refractivity contribution is 6.37. The van der Waals surface area contributed by atoms with Gasteiger partial charge in [0.2, 0.25) is 5.88 Å². The molecule has 0 aliphatic rings. The van der Waals surface area contributed by atoms with Gasteiger partial charge >= 0.3 is 6.18 Å². The van der Waals surface area contributed by atoms with Crippen LogP contribution in [-0.2, 0) is 6.18 Å². The second-order valence-electron chi connectivity index (χ2n) is 4.44. The predicted molar refractivity (Wildman–Crippen MR) is 87.8 cm³/mol. The number of halogens is 6. The number of aliphatic imine (C=N–C) groups is 1. The fraction of sp³-hybridized carbons (Fsp3) is 0.143. The molecule has 0 atom stereocenters. The van der Waals surface area contributed by atoms with E-state index in [1.807, 2.05) is 0 Å². The first-order valence-electron chi connectivity index (χ1n) is 6.31. The van der Waals surface area contributed by atoms with E-state index in [0.717, 1.165) is 12.1 Å². The SMILES string of the molecule is NC(CCl)=Nc1cc(Cl)c(Oc2cccc(C(F)(F)F)n2)c(Cl)c1. The van der Waals surface area contributed by atoms with Gasteiger partial charge in [0.1, 0.15) is 11.5 Å². The van der Waals surface area contributed by atoms with Crippen LogP contribution in [0.1, 0.15) is 5.69 Å². The predicted octanol–water partition coefficient (Wildman–Crippen LogP) is 5.43. The van der Waals surface area contributed by atoms with E-state index in [4.69, 9.17) is 45.3 Å². The van der Waals surface area contributed by atoms with Gasteiger partial charge in [-0.15, -0.1) is 11.6 Å². The molecule has 0 fully saturated rings. The topological polar surface area (TPSA) is 60.5 Å². The van der Waals surface area contributed by atoms with E-state index < -0.39 is 11.9 Å². The van der Waals surface area contributed by atoms with Gasteiger partial charge in [-0.2, -0.15) is 13.2 Å². The highest BCUT2D eigenvalue weighted by Gasteiger charge is 2.32. The molecule has 0 aliphatic heterocycles. The molecule has 1 aromatic heterocycles. The zero-order chi connectivity index (χ0) is 17.9. The van der Waals surface area contributed by atoms with Crippen LogP contribution in [0.5, 0.6) is 11.6 Å². The van der Waals surface area contributed by atoms with Crippen molar-refractivity contribution in [3.63, 3.8) is 0 Å². The van der Waals surface area contributed by atoms with E-state index in [2.05, 4.69) is 9.98 Å². The molecule has 10 heteroatoms. The molecule has 0 aliphatic carbocycles. The largest absolute Gasteiger partial charge is 0.436 e. The Morgan fingerprint density at radius 2 is 1.83 bits per heavy atom. The van der Waals surface area contributed by atoms with Crippen LogP contribution >= 0.6 is 34.8 Å². The number of hydrogen-bond donors (Lipinski definition) is 1. The summed E-state index contributed by atoms with van der Waals surface area (Å²) in [6.07, 6.45) is -4.59. The molecule has 0 radical (unpaired) electrons. The van der Waals surface area contributed by atoms with Gasteiger partial charge in [0.25, 0.3) is 0 Å². The van der Waals surface area contributed by atoms with Gasteiger partial charge in [-0.1, -0.05) is 29.3 Å². The summed E-state index contributed by atoms with van der Waals surface area (Å²) in [5.74, 6) is -0.183. The average molecular weight is 399 g/mol. The van der Waals surface area contributed by atoms with Crippen LogP contribution in [0.25, 0.3) is 0 Å². The molecule has 2 rings (SSSR count). The number of ether oxygens (including phenoxy) is 1. The molecule has 0 bridgehead atoms. The van der Waals surface area contributed by atoms with E-state index in [1.165, 1.54) is 18.2 Å². The second-order valence-corrected chi connectivity index (χ2v) is 5.52. The van der Waals surface area contributed by atoms with Gasteiger partial charge in [0.15, 0.2) is 5.75 Å². The zero-order valence-electron chi connectivity index (χ0n) is 11.7. The Kier molecular flexibility index (Phi) is 5.79. The standard InChI is InChI=1S/C14H9Cl3F3N3O/c15-6-11(21)22-7-4-8(16)13(9(17)5-7)24-12-3-1-2-10(23-12)14(18,19)20/h1-5H,6H2,(H2,21,22). The minimum absolute atomic E-state index is 0.0155. The lowest BCUT2D eigenvalue weighted by Gasteiger charge is -2.11. The number of pyridine rings is 1. The molecule has 0 amide bonds. The normalized spacial score (nSPS) is 12.3. The minimum atomic E-state index is -4.59. The number of rotatable bonds is 4. The first-order chi connectivity index (χ1) is 11.2. The van der Waals surface area contributed by atoms with Crippen molar-refractivity contribution in [2.24, 2.45) is 10.7 Å². The summed E-state index contributed by atoms with van der Waals surface area (Å²) < 4.78 is 43.3. The summed E-state index contributed by atoms with van der Waals surface area (Å²) in [5.41, 5.74) is 4.74. The van der Waals surface area contributed by atoms with Crippen molar-refractivity contribution in [1.82, 2.24) is 4.98 Å². The maximum Gasteiger partial charge on any atom is 0.433 e. The number of nitrogens with two attached hydrogens (primary N) is 1. The lowest BCUT2D eigenvalue weighted by molar-refractivity contribution is -0.141. The van der Waals surface area contributed by atoms with Gasteiger partial charge in [-0.05, 0) is 18.2 Å². The Labute approximate surface area is 150 Å². The number of alkyl halides is 4. The molecule has 0 unspecified atom stereocenters. The van der Waals surface area contributed by atoms with E-state index >= 15 is 0 Å². The van der Waals surface area contributed by atoms with E-state index in [0.29, 0.717) is 5.69 Å². The van der Waals surface area contributed by atoms with Crippen molar-refractivity contribution < 1.29 is 17.9 Å². The molecule has 1 aromatic carbocycles. The smallest absolute Gasteiger partial charge is 0.433 e. The lowest BCUT2D eigenvalue weighted by atomic mass is 10.3. The number of benzene rings is 1. The number of amidine groups is 1. The number of hydrogen-bond acceptors (Lipinski definition) is 3. The summed E-state index contributed by atoms with van der Waals surface area (Å²) in [6, 6.07) is 6.00. The quantitative estimate of drug-likeness (QED) is 0.424. The summed E-state index contributed by atoms with van der Waals surface area (Å²) in [6.45, 7) is 0. The second kappa shape index (κ2) is 7.46. The Morgan fingerprint density at radius 1 is 1.21 bits per heavy atom. The average Bonchev–Trinajstić information content (AvgIpc) is 2.50. The first kappa shape index (κ1) is 18.6. The Balaban J connectivity index is 2.34. The van der Waals surface area contributed by atoms with Crippen LogP contribution < -0.4 is 10.5 Å². The van der Waals surface area contributed by atoms with Crippen molar-refractivity contribution in [2.75, 3.05) is 5.88 Å². The number of nitrogens with zero attached hydrogens (tertiary/aromatic N) is 2. The first-order valence-corrected chi connectivity index (χ1v) is 7.60. The molecular weight excluding hydrogens is 390 g/mol. The molecule has 2 N–H and O–H groups in total. The van der Waals surface area contributed by atoms with Crippen LogP contribution in [0, 0.1) is 0 Å². The van der Waals surface area contributed by atoms with Crippen LogP contribution in [-0.4, -0.2) is 16.7 Å². The Bertz CT molecular complexity index is 758. The van der Waals surface area contributed by atoms with Crippen LogP contribution in [0.15, 0.2) is 35.3 Å². The molecule has 0 saturated carbocycles. The Morgan fingerprint density at radius 3 is 2.38 bits per heavy atom. The zero-order valence-corrected chi connectivity index (χ0v) is 14.0. The molecule has 2 aromatic rings. The van der Waals surface area contributed by atoms with Gasteiger partial charge in [-0.3, -0.25) is 0 Å². The van der Waals surface area contributed by atoms with Crippen LogP contribution in [0.4, 0.5) is 18.9 Å². The van der Waals surface area contributed by atoms with Crippen molar-refractivity contribution in [3.8, 4) is 11.6 Å². The van der Waals surface area contributed by atoms with Crippen molar-refractivity contribution in [3.05, 3.63) is 46.1 Å².